The SMILES string of the molecule is C[CH2][Al].[Cl-].[Cl-]. The molecule has 5 heavy (non-hydrogen) atoms. The highest BCUT2D eigenvalue weighted by Crippen LogP contribution is 1.49. The van der Waals surface area contributed by atoms with Gasteiger partial charge in [-0.3, -0.25) is 0 Å². The zero-order valence-electron chi connectivity index (χ0n) is 3.04. The molecule has 0 atom stereocenters. The smallest absolute Gasteiger partial charge is 0.117 e. The monoisotopic (exact) mass is 126 g/mol. The third kappa shape index (κ3) is 40.0. The van der Waals surface area contributed by atoms with Crippen LogP contribution in [-0.2, 0) is 0 Å². The Hall–Kier alpha value is 1.11. The standard InChI is InChI=1S/C2H5.Al.2ClH/c1-2;;;/h1H2,2H3;;2*1H/p-2. The van der Waals surface area contributed by atoms with E-state index < -0.39 is 0 Å². The second kappa shape index (κ2) is 19.4. The molecule has 0 heterocycles. The summed E-state index contributed by atoms with van der Waals surface area (Å²) < 4.78 is 0. The zero-order valence-corrected chi connectivity index (χ0v) is 5.71. The molecule has 0 bridgehead atoms. The normalized spacial score (nSPS) is 3.40. The number of hydrogen-bond acceptors (Lipinski definition) is 0. The van der Waals surface area contributed by atoms with E-state index in [0.29, 0.717) is 0 Å². The first-order valence-corrected chi connectivity index (χ1v) is 1.93. The van der Waals surface area contributed by atoms with Crippen LogP contribution < -0.4 is 24.8 Å². The van der Waals surface area contributed by atoms with E-state index in [1.807, 2.05) is 0 Å². The van der Waals surface area contributed by atoms with E-state index in [4.69, 9.17) is 0 Å². The molecular weight excluding hydrogens is 122 g/mol. The van der Waals surface area contributed by atoms with Crippen molar-refractivity contribution in [1.82, 2.24) is 0 Å². The summed E-state index contributed by atoms with van der Waals surface area (Å²) >= 11 is 2.58. The lowest BCUT2D eigenvalue weighted by Crippen LogP contribution is -3.00. The Labute approximate surface area is 53.6 Å². The maximum absolute atomic E-state index is 2.58. The largest absolute Gasteiger partial charge is 1.00 e. The molecule has 0 aromatic heterocycles. The summed E-state index contributed by atoms with van der Waals surface area (Å²) in [6.45, 7) is 2.09. The molecule has 0 fully saturated rings. The van der Waals surface area contributed by atoms with E-state index in [0.717, 1.165) is 0 Å². The minimum absolute atomic E-state index is 0. The van der Waals surface area contributed by atoms with Crippen LogP contribution in [0.15, 0.2) is 0 Å². The summed E-state index contributed by atoms with van der Waals surface area (Å²) in [6.07, 6.45) is 0. The van der Waals surface area contributed by atoms with Gasteiger partial charge in [-0.15, -0.1) is 5.28 Å². The lowest BCUT2D eigenvalue weighted by molar-refractivity contribution is -0.00100. The molecule has 0 rings (SSSR count). The molecule has 2 radical (unpaired) electrons. The van der Waals surface area contributed by atoms with E-state index in [1.54, 1.807) is 0 Å². The Morgan fingerprint density at radius 2 is 1.40 bits per heavy atom. The molecule has 0 aromatic rings. The van der Waals surface area contributed by atoms with Crippen LogP contribution in [0.25, 0.3) is 0 Å². The highest BCUT2D eigenvalue weighted by Gasteiger charge is 1.37. The molecule has 0 aliphatic carbocycles. The van der Waals surface area contributed by atoms with Crippen LogP contribution in [0.1, 0.15) is 6.92 Å². The quantitative estimate of drug-likeness (QED) is 0.285. The third-order valence-corrected chi connectivity index (χ3v) is 0. The van der Waals surface area contributed by atoms with Crippen LogP contribution in [-0.4, -0.2) is 16.3 Å². The molecule has 32 valence electrons. The van der Waals surface area contributed by atoms with Crippen molar-refractivity contribution in [2.75, 3.05) is 0 Å². The maximum atomic E-state index is 2.58. The molecule has 0 nitrogen and oxygen atoms in total. The highest BCUT2D eigenvalue weighted by atomic mass is 35.5. The van der Waals surface area contributed by atoms with Gasteiger partial charge in [0.2, 0.25) is 0 Å². The molecule has 3 heteroatoms. The third-order valence-electron chi connectivity index (χ3n) is 0. The van der Waals surface area contributed by atoms with Gasteiger partial charge in [0, 0.05) is 0 Å². The summed E-state index contributed by atoms with van der Waals surface area (Å²) in [4.78, 5) is 0. The van der Waals surface area contributed by atoms with E-state index in [2.05, 4.69) is 23.2 Å². The highest BCUT2D eigenvalue weighted by molar-refractivity contribution is 6.08. The first kappa shape index (κ1) is 16.5. The van der Waals surface area contributed by atoms with Gasteiger partial charge >= 0.3 is 0 Å². The molecule has 0 amide bonds. The van der Waals surface area contributed by atoms with Gasteiger partial charge in [0.1, 0.15) is 16.3 Å². The Morgan fingerprint density at radius 3 is 1.40 bits per heavy atom. The second-order valence-corrected chi connectivity index (χ2v) is 1.22. The van der Waals surface area contributed by atoms with Crippen LogP contribution in [0, 0.1) is 0 Å². The van der Waals surface area contributed by atoms with Crippen LogP contribution >= 0.6 is 0 Å². The molecule has 0 saturated carbocycles. The van der Waals surface area contributed by atoms with Crippen molar-refractivity contribution in [2.24, 2.45) is 0 Å². The molecule has 0 aliphatic heterocycles. The van der Waals surface area contributed by atoms with Crippen molar-refractivity contribution in [3.63, 3.8) is 0 Å². The topological polar surface area (TPSA) is 0 Å². The van der Waals surface area contributed by atoms with Crippen molar-refractivity contribution in [1.29, 1.82) is 0 Å². The Balaban J connectivity index is -0.0000000200. The Bertz CT molecular complexity index is 7.61. The summed E-state index contributed by atoms with van der Waals surface area (Å²) in [5, 5.41) is 1.17. The summed E-state index contributed by atoms with van der Waals surface area (Å²) in [7, 11) is 0. The van der Waals surface area contributed by atoms with E-state index in [9.17, 15) is 0 Å². The van der Waals surface area contributed by atoms with E-state index in [-0.39, 0.29) is 24.8 Å². The van der Waals surface area contributed by atoms with Crippen LogP contribution in [0.5, 0.6) is 0 Å². The van der Waals surface area contributed by atoms with Crippen molar-refractivity contribution in [3.05, 3.63) is 0 Å². The van der Waals surface area contributed by atoms with E-state index >= 15 is 0 Å². The molecule has 0 spiro atoms. The van der Waals surface area contributed by atoms with Gasteiger partial charge in [0.15, 0.2) is 0 Å². The average Bonchev–Trinajstić information content (AvgIpc) is 0.918. The van der Waals surface area contributed by atoms with Gasteiger partial charge in [-0.25, -0.2) is 0 Å². The molecule has 0 aliphatic rings. The lowest BCUT2D eigenvalue weighted by Gasteiger charge is -1.47. The fourth-order valence-corrected chi connectivity index (χ4v) is 0. The number of rotatable bonds is 0. The minimum Gasteiger partial charge on any atom is -1.00 e. The first-order valence-electron chi connectivity index (χ1n) is 1.12. The van der Waals surface area contributed by atoms with Gasteiger partial charge in [0.05, 0.1) is 0 Å². The molecule has 0 N–H and O–H groups in total. The van der Waals surface area contributed by atoms with Gasteiger partial charge in [-0.1, -0.05) is 6.92 Å². The van der Waals surface area contributed by atoms with Gasteiger partial charge in [-0.05, 0) is 0 Å². The van der Waals surface area contributed by atoms with Gasteiger partial charge in [-0.2, -0.15) is 0 Å². The first-order chi connectivity index (χ1) is 1.41. The molecule has 0 saturated heterocycles. The molecular formula is C2H5AlCl2-2. The lowest BCUT2D eigenvalue weighted by atomic mass is 11.0. The maximum Gasteiger partial charge on any atom is 0.117 e. The predicted molar refractivity (Wildman–Crippen MR) is 16.2 cm³/mol. The average molecular weight is 127 g/mol. The minimum atomic E-state index is 0. The fourth-order valence-electron chi connectivity index (χ4n) is 0. The zero-order chi connectivity index (χ0) is 2.71. The van der Waals surface area contributed by atoms with Gasteiger partial charge < -0.3 is 24.8 Å². The van der Waals surface area contributed by atoms with Crippen LogP contribution in [0.4, 0.5) is 0 Å². The molecule has 0 aromatic carbocycles. The Morgan fingerprint density at radius 1 is 1.40 bits per heavy atom. The second-order valence-electron chi connectivity index (χ2n) is 0.408. The number of halogens is 2. The fraction of sp³-hybridized carbons (Fsp3) is 1.00. The predicted octanol–water partition coefficient (Wildman–Crippen LogP) is -5.40. The van der Waals surface area contributed by atoms with E-state index in [1.165, 1.54) is 5.28 Å². The van der Waals surface area contributed by atoms with Crippen LogP contribution in [0.2, 0.25) is 5.28 Å². The Kier molecular flexibility index (Phi) is 63.9. The summed E-state index contributed by atoms with van der Waals surface area (Å²) in [6, 6.07) is 0. The molecule has 0 unspecified atom stereocenters. The van der Waals surface area contributed by atoms with Crippen molar-refractivity contribution in [2.45, 2.75) is 12.2 Å². The summed E-state index contributed by atoms with van der Waals surface area (Å²) in [5.41, 5.74) is 0. The van der Waals surface area contributed by atoms with Crippen LogP contribution in [0.3, 0.4) is 0 Å². The van der Waals surface area contributed by atoms with Crippen molar-refractivity contribution >= 4 is 16.3 Å². The van der Waals surface area contributed by atoms with Crippen molar-refractivity contribution in [3.8, 4) is 0 Å². The number of hydrogen-bond donors (Lipinski definition) is 0. The van der Waals surface area contributed by atoms with Gasteiger partial charge in [0.25, 0.3) is 0 Å². The van der Waals surface area contributed by atoms with Crippen molar-refractivity contribution < 1.29 is 24.8 Å². The summed E-state index contributed by atoms with van der Waals surface area (Å²) in [5.74, 6) is 0.